The first-order valence-corrected chi connectivity index (χ1v) is 7.02. The molecule has 3 heteroatoms. The summed E-state index contributed by atoms with van der Waals surface area (Å²) in [5.74, 6) is 1.59. The van der Waals surface area contributed by atoms with Gasteiger partial charge in [-0.2, -0.15) is 0 Å². The van der Waals surface area contributed by atoms with E-state index in [1.54, 1.807) is 0 Å². The largest absolute Gasteiger partial charge is 0.494 e. The molecule has 0 spiro atoms. The molecule has 1 fully saturated rings. The fourth-order valence-electron chi connectivity index (χ4n) is 2.33. The molecule has 1 aliphatic rings. The van der Waals surface area contributed by atoms with Crippen LogP contribution in [0.15, 0.2) is 30.5 Å². The van der Waals surface area contributed by atoms with Crippen molar-refractivity contribution in [2.75, 3.05) is 6.61 Å². The molecule has 1 heterocycles. The molecule has 0 atom stereocenters. The Morgan fingerprint density at radius 1 is 1.37 bits per heavy atom. The Kier molecular flexibility index (Phi) is 3.28. The van der Waals surface area contributed by atoms with Crippen LogP contribution in [0.2, 0.25) is 0 Å². The molecule has 0 radical (unpaired) electrons. The first-order chi connectivity index (χ1) is 9.28. The van der Waals surface area contributed by atoms with Gasteiger partial charge in [-0.1, -0.05) is 6.92 Å². The molecule has 3 nitrogen and oxygen atoms in total. The monoisotopic (exact) mass is 257 g/mol. The second-order valence-corrected chi connectivity index (χ2v) is 5.25. The number of aromatic nitrogens is 1. The van der Waals surface area contributed by atoms with E-state index >= 15 is 0 Å². The summed E-state index contributed by atoms with van der Waals surface area (Å²) in [4.78, 5) is 11.9. The van der Waals surface area contributed by atoms with Gasteiger partial charge in [0.25, 0.3) is 0 Å². The second-order valence-electron chi connectivity index (χ2n) is 5.25. The quantitative estimate of drug-likeness (QED) is 0.794. The van der Waals surface area contributed by atoms with Gasteiger partial charge < -0.3 is 9.30 Å². The Hall–Kier alpha value is -1.77. The van der Waals surface area contributed by atoms with Crippen LogP contribution >= 0.6 is 0 Å². The molecule has 2 aromatic rings. The van der Waals surface area contributed by atoms with Crippen molar-refractivity contribution in [1.29, 1.82) is 0 Å². The predicted octanol–water partition coefficient (Wildman–Crippen LogP) is 3.41. The van der Waals surface area contributed by atoms with E-state index in [1.165, 1.54) is 0 Å². The van der Waals surface area contributed by atoms with Gasteiger partial charge in [-0.25, -0.2) is 0 Å². The van der Waals surface area contributed by atoms with Crippen LogP contribution in [0, 0.1) is 5.92 Å². The van der Waals surface area contributed by atoms with Crippen LogP contribution in [0.3, 0.4) is 0 Å². The lowest BCUT2D eigenvalue weighted by Crippen LogP contribution is -2.10. The topological polar surface area (TPSA) is 31.2 Å². The number of rotatable bonds is 6. The number of carbonyl (C=O) groups excluding carboxylic acids is 1. The Balaban J connectivity index is 1.80. The molecular formula is C16H19NO2. The predicted molar refractivity (Wildman–Crippen MR) is 75.5 cm³/mol. The number of ketones is 1. The molecule has 3 rings (SSSR count). The van der Waals surface area contributed by atoms with Gasteiger partial charge in [-0.15, -0.1) is 0 Å². The molecule has 0 unspecified atom stereocenters. The minimum Gasteiger partial charge on any atom is -0.494 e. The zero-order valence-electron chi connectivity index (χ0n) is 11.3. The zero-order chi connectivity index (χ0) is 13.2. The number of Topliss-reactive ketones (excluding diaryl/α,β-unsaturated/α-hetero) is 1. The fourth-order valence-corrected chi connectivity index (χ4v) is 2.33. The average molecular weight is 257 g/mol. The van der Waals surface area contributed by atoms with Crippen LogP contribution in [0.25, 0.3) is 10.9 Å². The highest BCUT2D eigenvalue weighted by molar-refractivity contribution is 5.87. The van der Waals surface area contributed by atoms with Gasteiger partial charge >= 0.3 is 0 Å². The van der Waals surface area contributed by atoms with Gasteiger partial charge in [0.15, 0.2) is 5.78 Å². The minimum absolute atomic E-state index is 0.324. The van der Waals surface area contributed by atoms with Gasteiger partial charge in [0.1, 0.15) is 5.75 Å². The number of benzene rings is 1. The Morgan fingerprint density at radius 2 is 2.21 bits per heavy atom. The summed E-state index contributed by atoms with van der Waals surface area (Å²) in [6.45, 7) is 3.34. The van der Waals surface area contributed by atoms with E-state index in [0.717, 1.165) is 42.5 Å². The van der Waals surface area contributed by atoms with Crippen molar-refractivity contribution >= 4 is 16.7 Å². The van der Waals surface area contributed by atoms with Crippen molar-refractivity contribution in [3.8, 4) is 5.75 Å². The number of nitrogens with zero attached hydrogens (tertiary/aromatic N) is 1. The highest BCUT2D eigenvalue weighted by Crippen LogP contribution is 2.31. The molecule has 19 heavy (non-hydrogen) atoms. The van der Waals surface area contributed by atoms with Crippen LogP contribution in [-0.4, -0.2) is 17.0 Å². The molecule has 1 aromatic carbocycles. The summed E-state index contributed by atoms with van der Waals surface area (Å²) < 4.78 is 7.67. The van der Waals surface area contributed by atoms with E-state index < -0.39 is 0 Å². The van der Waals surface area contributed by atoms with E-state index in [2.05, 4.69) is 6.92 Å². The van der Waals surface area contributed by atoms with Crippen molar-refractivity contribution < 1.29 is 9.53 Å². The maximum absolute atomic E-state index is 11.9. The average Bonchev–Trinajstić information content (AvgIpc) is 3.20. The van der Waals surface area contributed by atoms with Crippen molar-refractivity contribution in [1.82, 2.24) is 4.57 Å². The third-order valence-corrected chi connectivity index (χ3v) is 3.57. The van der Waals surface area contributed by atoms with Crippen LogP contribution in [0.5, 0.6) is 5.75 Å². The van der Waals surface area contributed by atoms with E-state index in [0.29, 0.717) is 18.2 Å². The SMILES string of the molecule is CCCOc1ccc2c(ccn2CC(=O)C2CC2)c1. The first kappa shape index (κ1) is 12.3. The van der Waals surface area contributed by atoms with Crippen LogP contribution in [-0.2, 0) is 11.3 Å². The van der Waals surface area contributed by atoms with Gasteiger partial charge in [-0.05, 0) is 43.5 Å². The molecule has 0 amide bonds. The highest BCUT2D eigenvalue weighted by Gasteiger charge is 2.29. The highest BCUT2D eigenvalue weighted by atomic mass is 16.5. The lowest BCUT2D eigenvalue weighted by atomic mass is 10.2. The number of hydrogen-bond donors (Lipinski definition) is 0. The third kappa shape index (κ3) is 2.65. The van der Waals surface area contributed by atoms with Crippen molar-refractivity contribution in [2.45, 2.75) is 32.7 Å². The molecule has 0 aliphatic heterocycles. The summed E-state index contributed by atoms with van der Waals surface area (Å²) in [7, 11) is 0. The number of fused-ring (bicyclic) bond motifs is 1. The lowest BCUT2D eigenvalue weighted by Gasteiger charge is -2.06. The van der Waals surface area contributed by atoms with Gasteiger partial charge in [0.05, 0.1) is 13.2 Å². The molecule has 1 aromatic heterocycles. The first-order valence-electron chi connectivity index (χ1n) is 7.02. The maximum atomic E-state index is 11.9. The third-order valence-electron chi connectivity index (χ3n) is 3.57. The molecule has 1 aliphatic carbocycles. The van der Waals surface area contributed by atoms with Crippen molar-refractivity contribution in [3.63, 3.8) is 0 Å². The van der Waals surface area contributed by atoms with E-state index in [9.17, 15) is 4.79 Å². The number of hydrogen-bond acceptors (Lipinski definition) is 2. The molecule has 0 bridgehead atoms. The normalized spacial score (nSPS) is 14.8. The van der Waals surface area contributed by atoms with Gasteiger partial charge in [0, 0.05) is 23.0 Å². The summed E-state index contributed by atoms with van der Waals surface area (Å²) in [6.07, 6.45) is 5.16. The Labute approximate surface area is 113 Å². The lowest BCUT2D eigenvalue weighted by molar-refractivity contribution is -0.120. The van der Waals surface area contributed by atoms with E-state index in [-0.39, 0.29) is 0 Å². The van der Waals surface area contributed by atoms with Gasteiger partial charge in [0.2, 0.25) is 0 Å². The van der Waals surface area contributed by atoms with Crippen LogP contribution in [0.4, 0.5) is 0 Å². The standard InChI is InChI=1S/C16H19NO2/c1-2-9-19-14-5-6-15-13(10-14)7-8-17(15)11-16(18)12-3-4-12/h5-8,10,12H,2-4,9,11H2,1H3. The number of carbonyl (C=O) groups is 1. The zero-order valence-corrected chi connectivity index (χ0v) is 11.3. The molecule has 0 N–H and O–H groups in total. The summed E-state index contributed by atoms with van der Waals surface area (Å²) in [5, 5.41) is 1.14. The Bertz CT molecular complexity index is 596. The molecule has 100 valence electrons. The fraction of sp³-hybridized carbons (Fsp3) is 0.438. The van der Waals surface area contributed by atoms with Crippen LogP contribution in [0.1, 0.15) is 26.2 Å². The minimum atomic E-state index is 0.324. The smallest absolute Gasteiger partial charge is 0.155 e. The maximum Gasteiger partial charge on any atom is 0.155 e. The van der Waals surface area contributed by atoms with E-state index in [1.807, 2.05) is 35.0 Å². The van der Waals surface area contributed by atoms with E-state index in [4.69, 9.17) is 4.74 Å². The molecular weight excluding hydrogens is 238 g/mol. The summed E-state index contributed by atoms with van der Waals surface area (Å²) in [5.41, 5.74) is 1.11. The van der Waals surface area contributed by atoms with Crippen LogP contribution < -0.4 is 4.74 Å². The summed E-state index contributed by atoms with van der Waals surface area (Å²) in [6, 6.07) is 8.12. The number of ether oxygens (including phenoxy) is 1. The van der Waals surface area contributed by atoms with Gasteiger partial charge in [-0.3, -0.25) is 4.79 Å². The second kappa shape index (κ2) is 5.08. The Morgan fingerprint density at radius 3 is 2.95 bits per heavy atom. The molecule has 0 saturated heterocycles. The van der Waals surface area contributed by atoms with Crippen molar-refractivity contribution in [2.24, 2.45) is 5.92 Å². The van der Waals surface area contributed by atoms with Crippen molar-refractivity contribution in [3.05, 3.63) is 30.5 Å². The molecule has 1 saturated carbocycles. The summed E-state index contributed by atoms with van der Waals surface area (Å²) >= 11 is 0.